The highest BCUT2D eigenvalue weighted by Gasteiger charge is 2.33. The van der Waals surface area contributed by atoms with Crippen LogP contribution >= 0.6 is 11.3 Å². The molecule has 0 amide bonds. The molecule has 0 spiro atoms. The molecule has 0 radical (unpaired) electrons. The van der Waals surface area contributed by atoms with Gasteiger partial charge in [-0.2, -0.15) is 0 Å². The van der Waals surface area contributed by atoms with Crippen molar-refractivity contribution in [1.82, 2.24) is 10.0 Å². The first-order chi connectivity index (χ1) is 8.53. The molecule has 2 atom stereocenters. The van der Waals surface area contributed by atoms with Crippen LogP contribution in [0.15, 0.2) is 16.3 Å². The van der Waals surface area contributed by atoms with Crippen LogP contribution in [0, 0.1) is 11.8 Å². The third-order valence-electron chi connectivity index (χ3n) is 3.33. The molecule has 1 aromatic rings. The SMILES string of the molecule is CNCCc1ccc(S(=O)(=O)NCC2CC2C)s1. The fraction of sp³-hybridized carbons (Fsp3) is 0.667. The van der Waals surface area contributed by atoms with E-state index in [1.807, 2.05) is 13.1 Å². The van der Waals surface area contributed by atoms with Crippen LogP contribution in [0.25, 0.3) is 0 Å². The molecular weight excluding hydrogens is 268 g/mol. The maximum atomic E-state index is 12.0. The van der Waals surface area contributed by atoms with Crippen molar-refractivity contribution >= 4 is 21.4 Å². The Balaban J connectivity index is 1.93. The predicted octanol–water partition coefficient (Wildman–Crippen LogP) is 1.44. The molecule has 1 aliphatic rings. The number of likely N-dealkylation sites (N-methyl/N-ethyl adjacent to an activating group) is 1. The van der Waals surface area contributed by atoms with Gasteiger partial charge in [-0.05, 0) is 50.4 Å². The number of sulfonamides is 1. The molecule has 1 fully saturated rings. The summed E-state index contributed by atoms with van der Waals surface area (Å²) in [6.07, 6.45) is 2.01. The topological polar surface area (TPSA) is 58.2 Å². The van der Waals surface area contributed by atoms with Crippen LogP contribution < -0.4 is 10.0 Å². The Kier molecular flexibility index (Phi) is 4.42. The largest absolute Gasteiger partial charge is 0.319 e. The molecule has 0 aromatic carbocycles. The van der Waals surface area contributed by atoms with Crippen LogP contribution in [0.2, 0.25) is 0 Å². The zero-order chi connectivity index (χ0) is 13.2. The van der Waals surface area contributed by atoms with Gasteiger partial charge in [0.25, 0.3) is 0 Å². The molecule has 102 valence electrons. The van der Waals surface area contributed by atoms with Gasteiger partial charge in [0.1, 0.15) is 4.21 Å². The van der Waals surface area contributed by atoms with E-state index < -0.39 is 10.0 Å². The molecule has 1 aliphatic carbocycles. The third kappa shape index (κ3) is 3.54. The summed E-state index contributed by atoms with van der Waals surface area (Å²) < 4.78 is 27.2. The Bertz CT molecular complexity index is 496. The summed E-state index contributed by atoms with van der Waals surface area (Å²) in [5.41, 5.74) is 0. The Hall–Kier alpha value is -0.430. The van der Waals surface area contributed by atoms with Crippen molar-refractivity contribution < 1.29 is 8.42 Å². The standard InChI is InChI=1S/C12H20N2O2S2/c1-9-7-10(9)8-14-18(15,16)12-4-3-11(17-12)5-6-13-2/h3-4,9-10,13-14H,5-8H2,1-2H3. The van der Waals surface area contributed by atoms with Gasteiger partial charge in [0.05, 0.1) is 0 Å². The van der Waals surface area contributed by atoms with E-state index in [1.54, 1.807) is 6.07 Å². The summed E-state index contributed by atoms with van der Waals surface area (Å²) in [6, 6.07) is 3.60. The van der Waals surface area contributed by atoms with E-state index in [-0.39, 0.29) is 0 Å². The maximum absolute atomic E-state index is 12.0. The molecule has 4 nitrogen and oxygen atoms in total. The number of rotatable bonds is 7. The van der Waals surface area contributed by atoms with E-state index >= 15 is 0 Å². The molecule has 18 heavy (non-hydrogen) atoms. The summed E-state index contributed by atoms with van der Waals surface area (Å²) in [7, 11) is -1.40. The number of hydrogen-bond donors (Lipinski definition) is 2. The summed E-state index contributed by atoms with van der Waals surface area (Å²) in [5.74, 6) is 1.20. The second-order valence-corrected chi connectivity index (χ2v) is 8.06. The highest BCUT2D eigenvalue weighted by atomic mass is 32.2. The average molecular weight is 288 g/mol. The average Bonchev–Trinajstić information content (AvgIpc) is 2.84. The van der Waals surface area contributed by atoms with Gasteiger partial charge in [-0.1, -0.05) is 6.92 Å². The smallest absolute Gasteiger partial charge is 0.250 e. The van der Waals surface area contributed by atoms with Crippen LogP contribution in [0.4, 0.5) is 0 Å². The Morgan fingerprint density at radius 2 is 2.17 bits per heavy atom. The molecular formula is C12H20N2O2S2. The zero-order valence-electron chi connectivity index (χ0n) is 10.8. The molecule has 1 heterocycles. The third-order valence-corrected chi connectivity index (χ3v) is 6.40. The van der Waals surface area contributed by atoms with Crippen molar-refractivity contribution in [2.75, 3.05) is 20.1 Å². The van der Waals surface area contributed by atoms with E-state index in [4.69, 9.17) is 0 Å². The molecule has 1 aromatic heterocycles. The van der Waals surface area contributed by atoms with Gasteiger partial charge < -0.3 is 5.32 Å². The van der Waals surface area contributed by atoms with Gasteiger partial charge >= 0.3 is 0 Å². The van der Waals surface area contributed by atoms with E-state index in [2.05, 4.69) is 17.0 Å². The Morgan fingerprint density at radius 1 is 1.44 bits per heavy atom. The normalized spacial score (nSPS) is 23.2. The molecule has 2 unspecified atom stereocenters. The van der Waals surface area contributed by atoms with Crippen molar-refractivity contribution in [3.8, 4) is 0 Å². The molecule has 1 saturated carbocycles. The van der Waals surface area contributed by atoms with Gasteiger partial charge in [0.15, 0.2) is 0 Å². The van der Waals surface area contributed by atoms with E-state index in [1.165, 1.54) is 11.3 Å². The molecule has 0 aliphatic heterocycles. The molecule has 0 bridgehead atoms. The molecule has 2 N–H and O–H groups in total. The summed E-state index contributed by atoms with van der Waals surface area (Å²) >= 11 is 1.36. The second kappa shape index (κ2) is 5.69. The lowest BCUT2D eigenvalue weighted by Crippen LogP contribution is -2.25. The van der Waals surface area contributed by atoms with E-state index in [9.17, 15) is 8.42 Å². The fourth-order valence-corrected chi connectivity index (χ4v) is 4.35. The lowest BCUT2D eigenvalue weighted by molar-refractivity contribution is 0.576. The first kappa shape index (κ1) is 14.0. The highest BCUT2D eigenvalue weighted by molar-refractivity contribution is 7.91. The van der Waals surface area contributed by atoms with Crippen LogP contribution in [0.5, 0.6) is 0 Å². The van der Waals surface area contributed by atoms with Gasteiger partial charge in [-0.3, -0.25) is 0 Å². The van der Waals surface area contributed by atoms with Crippen molar-refractivity contribution in [3.05, 3.63) is 17.0 Å². The summed E-state index contributed by atoms with van der Waals surface area (Å²) in [5, 5.41) is 3.06. The Morgan fingerprint density at radius 3 is 2.78 bits per heavy atom. The number of hydrogen-bond acceptors (Lipinski definition) is 4. The van der Waals surface area contributed by atoms with Gasteiger partial charge in [0.2, 0.25) is 10.0 Å². The molecule has 0 saturated heterocycles. The monoisotopic (exact) mass is 288 g/mol. The van der Waals surface area contributed by atoms with Crippen LogP contribution in [-0.2, 0) is 16.4 Å². The maximum Gasteiger partial charge on any atom is 0.250 e. The zero-order valence-corrected chi connectivity index (χ0v) is 12.4. The minimum Gasteiger partial charge on any atom is -0.319 e. The lowest BCUT2D eigenvalue weighted by Gasteiger charge is -2.03. The first-order valence-electron chi connectivity index (χ1n) is 6.26. The number of thiophene rings is 1. The highest BCUT2D eigenvalue weighted by Crippen LogP contribution is 2.37. The van der Waals surface area contributed by atoms with Gasteiger partial charge in [-0.15, -0.1) is 11.3 Å². The van der Waals surface area contributed by atoms with Gasteiger partial charge in [-0.25, -0.2) is 13.1 Å². The van der Waals surface area contributed by atoms with Gasteiger partial charge in [0, 0.05) is 11.4 Å². The Labute approximate surface area is 113 Å². The molecule has 6 heteroatoms. The van der Waals surface area contributed by atoms with E-state index in [0.717, 1.165) is 24.3 Å². The van der Waals surface area contributed by atoms with Crippen LogP contribution in [-0.4, -0.2) is 28.6 Å². The second-order valence-electron chi connectivity index (χ2n) is 4.90. The van der Waals surface area contributed by atoms with Crippen molar-refractivity contribution in [1.29, 1.82) is 0 Å². The predicted molar refractivity (Wildman–Crippen MR) is 74.4 cm³/mol. The van der Waals surface area contributed by atoms with Crippen molar-refractivity contribution in [2.45, 2.75) is 24.0 Å². The fourth-order valence-electron chi connectivity index (χ4n) is 1.86. The minimum atomic E-state index is -3.29. The van der Waals surface area contributed by atoms with Crippen LogP contribution in [0.3, 0.4) is 0 Å². The van der Waals surface area contributed by atoms with Crippen molar-refractivity contribution in [3.63, 3.8) is 0 Å². The molecule has 2 rings (SSSR count). The first-order valence-corrected chi connectivity index (χ1v) is 8.56. The van der Waals surface area contributed by atoms with Crippen molar-refractivity contribution in [2.24, 2.45) is 11.8 Å². The van der Waals surface area contributed by atoms with Crippen LogP contribution in [0.1, 0.15) is 18.2 Å². The summed E-state index contributed by atoms with van der Waals surface area (Å²) in [4.78, 5) is 1.10. The summed E-state index contributed by atoms with van der Waals surface area (Å²) in [6.45, 7) is 3.60. The number of nitrogens with one attached hydrogen (secondary N) is 2. The van der Waals surface area contributed by atoms with E-state index in [0.29, 0.717) is 22.6 Å². The quantitative estimate of drug-likeness (QED) is 0.798. The lowest BCUT2D eigenvalue weighted by atomic mass is 10.3. The minimum absolute atomic E-state index is 0.432.